The van der Waals surface area contributed by atoms with Crippen molar-refractivity contribution < 1.29 is 9.90 Å². The second-order valence-corrected chi connectivity index (χ2v) is 3.09. The topological polar surface area (TPSA) is 68.0 Å². The van der Waals surface area contributed by atoms with Crippen LogP contribution in [-0.2, 0) is 0 Å². The van der Waals surface area contributed by atoms with Crippen molar-refractivity contribution in [1.82, 2.24) is 15.0 Å². The molecular formula is C10H9N3O2. The molecule has 0 spiro atoms. The second-order valence-electron chi connectivity index (χ2n) is 3.09. The van der Waals surface area contributed by atoms with Crippen LogP contribution in [0.3, 0.4) is 0 Å². The van der Waals surface area contributed by atoms with Gasteiger partial charge in [0.15, 0.2) is 0 Å². The lowest BCUT2D eigenvalue weighted by Crippen LogP contribution is -2.09. The van der Waals surface area contributed by atoms with Crippen LogP contribution in [0.25, 0.3) is 5.69 Å². The number of aromatic nitrogens is 3. The van der Waals surface area contributed by atoms with Crippen LogP contribution in [0.5, 0.6) is 0 Å². The number of aromatic carboxylic acids is 1. The minimum absolute atomic E-state index is 0.230. The van der Waals surface area contributed by atoms with Gasteiger partial charge in [0.25, 0.3) is 0 Å². The molecule has 0 fully saturated rings. The Bertz CT molecular complexity index is 491. The molecule has 1 aromatic heterocycles. The Morgan fingerprint density at radius 3 is 2.60 bits per heavy atom. The zero-order valence-electron chi connectivity index (χ0n) is 8.08. The molecule has 0 saturated carbocycles. The third-order valence-corrected chi connectivity index (χ3v) is 2.10. The smallest absolute Gasteiger partial charge is 0.338 e. The van der Waals surface area contributed by atoms with Gasteiger partial charge in [-0.25, -0.2) is 4.79 Å². The maximum atomic E-state index is 11.1. The Morgan fingerprint density at radius 2 is 2.00 bits per heavy atom. The highest BCUT2D eigenvalue weighted by Crippen LogP contribution is 2.16. The molecule has 15 heavy (non-hydrogen) atoms. The molecule has 0 saturated heterocycles. The van der Waals surface area contributed by atoms with E-state index in [0.29, 0.717) is 11.3 Å². The van der Waals surface area contributed by atoms with Gasteiger partial charge in [-0.1, -0.05) is 12.1 Å². The summed E-state index contributed by atoms with van der Waals surface area (Å²) in [5.41, 5.74) is 1.40. The molecule has 76 valence electrons. The van der Waals surface area contributed by atoms with Crippen LogP contribution < -0.4 is 0 Å². The van der Waals surface area contributed by atoms with E-state index in [1.165, 1.54) is 17.2 Å². The van der Waals surface area contributed by atoms with Crippen molar-refractivity contribution in [2.45, 2.75) is 6.92 Å². The maximum Gasteiger partial charge on any atom is 0.338 e. The first-order valence-corrected chi connectivity index (χ1v) is 4.40. The van der Waals surface area contributed by atoms with Gasteiger partial charge in [0, 0.05) is 0 Å². The van der Waals surface area contributed by atoms with E-state index in [2.05, 4.69) is 10.2 Å². The fraction of sp³-hybridized carbons (Fsp3) is 0.100. The molecule has 5 heteroatoms. The van der Waals surface area contributed by atoms with Gasteiger partial charge in [-0.3, -0.25) is 0 Å². The van der Waals surface area contributed by atoms with Gasteiger partial charge in [-0.15, -0.1) is 0 Å². The first-order chi connectivity index (χ1) is 7.20. The van der Waals surface area contributed by atoms with Crippen LogP contribution in [0.2, 0.25) is 0 Å². The summed E-state index contributed by atoms with van der Waals surface area (Å²) in [4.78, 5) is 12.4. The molecule has 5 nitrogen and oxygen atoms in total. The standard InChI is InChI=1S/C10H9N3O2/c1-7-3-2-4-8(9(7)10(14)15)13-11-5-6-12-13/h2-6H,1H3,(H,14,15). The molecule has 2 rings (SSSR count). The van der Waals surface area contributed by atoms with Crippen molar-refractivity contribution in [2.24, 2.45) is 0 Å². The largest absolute Gasteiger partial charge is 0.478 e. The summed E-state index contributed by atoms with van der Waals surface area (Å²) in [7, 11) is 0. The number of carboxylic acids is 1. The van der Waals surface area contributed by atoms with E-state index in [9.17, 15) is 4.79 Å². The molecule has 0 amide bonds. The van der Waals surface area contributed by atoms with Crippen molar-refractivity contribution in [2.75, 3.05) is 0 Å². The van der Waals surface area contributed by atoms with Gasteiger partial charge < -0.3 is 5.11 Å². The Morgan fingerprint density at radius 1 is 1.33 bits per heavy atom. The van der Waals surface area contributed by atoms with Gasteiger partial charge in [0.05, 0.1) is 18.0 Å². The molecule has 0 bridgehead atoms. The quantitative estimate of drug-likeness (QED) is 0.798. The minimum atomic E-state index is -0.972. The molecule has 1 N–H and O–H groups in total. The fourth-order valence-corrected chi connectivity index (χ4v) is 1.44. The zero-order chi connectivity index (χ0) is 10.8. The SMILES string of the molecule is Cc1cccc(-n2nccn2)c1C(=O)O. The number of nitrogens with zero attached hydrogens (tertiary/aromatic N) is 3. The molecule has 0 radical (unpaired) electrons. The summed E-state index contributed by atoms with van der Waals surface area (Å²) in [5, 5.41) is 16.9. The van der Waals surface area contributed by atoms with Crippen molar-refractivity contribution in [1.29, 1.82) is 0 Å². The molecule has 1 heterocycles. The molecule has 0 aliphatic heterocycles. The van der Waals surface area contributed by atoms with Gasteiger partial charge in [-0.2, -0.15) is 15.0 Å². The van der Waals surface area contributed by atoms with Crippen LogP contribution in [0.4, 0.5) is 0 Å². The Hall–Kier alpha value is -2.17. The average molecular weight is 203 g/mol. The lowest BCUT2D eigenvalue weighted by molar-refractivity contribution is 0.0696. The molecule has 2 aromatic rings. The van der Waals surface area contributed by atoms with Crippen LogP contribution in [-0.4, -0.2) is 26.1 Å². The molecule has 0 aliphatic rings. The molecule has 0 unspecified atom stereocenters. The van der Waals surface area contributed by atoms with Crippen molar-refractivity contribution >= 4 is 5.97 Å². The third kappa shape index (κ3) is 1.59. The van der Waals surface area contributed by atoms with Crippen LogP contribution >= 0.6 is 0 Å². The van der Waals surface area contributed by atoms with E-state index < -0.39 is 5.97 Å². The summed E-state index contributed by atoms with van der Waals surface area (Å²) < 4.78 is 0. The van der Waals surface area contributed by atoms with Crippen molar-refractivity contribution in [3.05, 3.63) is 41.7 Å². The first-order valence-electron chi connectivity index (χ1n) is 4.40. The summed E-state index contributed by atoms with van der Waals surface area (Å²) in [6.45, 7) is 1.75. The summed E-state index contributed by atoms with van der Waals surface area (Å²) in [6.07, 6.45) is 3.02. The van der Waals surface area contributed by atoms with E-state index in [1.54, 1.807) is 25.1 Å². The Kier molecular flexibility index (Phi) is 2.21. The average Bonchev–Trinajstić information content (AvgIpc) is 2.69. The van der Waals surface area contributed by atoms with Crippen LogP contribution in [0.1, 0.15) is 15.9 Å². The van der Waals surface area contributed by atoms with Crippen molar-refractivity contribution in [3.63, 3.8) is 0 Å². The number of carbonyl (C=O) groups is 1. The predicted molar refractivity (Wildman–Crippen MR) is 53.1 cm³/mol. The van der Waals surface area contributed by atoms with E-state index >= 15 is 0 Å². The summed E-state index contributed by atoms with van der Waals surface area (Å²) in [6, 6.07) is 5.20. The molecular weight excluding hydrogens is 194 g/mol. The van der Waals surface area contributed by atoms with E-state index in [-0.39, 0.29) is 5.56 Å². The highest BCUT2D eigenvalue weighted by atomic mass is 16.4. The Balaban J connectivity index is 2.66. The van der Waals surface area contributed by atoms with Crippen LogP contribution in [0.15, 0.2) is 30.6 Å². The maximum absolute atomic E-state index is 11.1. The lowest BCUT2D eigenvalue weighted by atomic mass is 10.1. The highest BCUT2D eigenvalue weighted by molar-refractivity contribution is 5.93. The monoisotopic (exact) mass is 203 g/mol. The second kappa shape index (κ2) is 3.53. The van der Waals surface area contributed by atoms with Gasteiger partial charge in [-0.05, 0) is 18.6 Å². The highest BCUT2D eigenvalue weighted by Gasteiger charge is 2.14. The number of carboxylic acid groups (broad SMARTS) is 1. The lowest BCUT2D eigenvalue weighted by Gasteiger charge is -2.06. The van der Waals surface area contributed by atoms with Gasteiger partial charge in [0.1, 0.15) is 5.69 Å². The number of hydrogen-bond donors (Lipinski definition) is 1. The summed E-state index contributed by atoms with van der Waals surface area (Å²) in [5.74, 6) is -0.972. The molecule has 0 atom stereocenters. The summed E-state index contributed by atoms with van der Waals surface area (Å²) >= 11 is 0. The number of rotatable bonds is 2. The predicted octanol–water partition coefficient (Wildman–Crippen LogP) is 1.27. The normalized spacial score (nSPS) is 10.2. The molecule has 1 aromatic carbocycles. The number of benzene rings is 1. The fourth-order valence-electron chi connectivity index (χ4n) is 1.44. The molecule has 0 aliphatic carbocycles. The van der Waals surface area contributed by atoms with Crippen LogP contribution in [0, 0.1) is 6.92 Å². The first kappa shape index (κ1) is 9.39. The minimum Gasteiger partial charge on any atom is -0.478 e. The van der Waals surface area contributed by atoms with E-state index in [4.69, 9.17) is 5.11 Å². The van der Waals surface area contributed by atoms with Crippen molar-refractivity contribution in [3.8, 4) is 5.69 Å². The van der Waals surface area contributed by atoms with Gasteiger partial charge >= 0.3 is 5.97 Å². The van der Waals surface area contributed by atoms with E-state index in [0.717, 1.165) is 0 Å². The third-order valence-electron chi connectivity index (χ3n) is 2.10. The van der Waals surface area contributed by atoms with E-state index in [1.807, 2.05) is 0 Å². The Labute approximate surface area is 86.0 Å². The van der Waals surface area contributed by atoms with Gasteiger partial charge in [0.2, 0.25) is 0 Å². The number of hydrogen-bond acceptors (Lipinski definition) is 3. The zero-order valence-corrected chi connectivity index (χ0v) is 8.08. The number of aryl methyl sites for hydroxylation is 1.